The third-order valence-electron chi connectivity index (χ3n) is 7.73. The highest BCUT2D eigenvalue weighted by atomic mass is 79.9. The number of anilines is 2. The first-order valence-electron chi connectivity index (χ1n) is 13.7. The van der Waals surface area contributed by atoms with Crippen LogP contribution < -0.4 is 10.6 Å². The van der Waals surface area contributed by atoms with Crippen LogP contribution >= 0.6 is 15.9 Å². The van der Waals surface area contributed by atoms with Crippen LogP contribution in [0.1, 0.15) is 60.7 Å². The number of fused-ring (bicyclic) bond motifs is 1. The molecule has 1 aliphatic rings. The minimum Gasteiger partial charge on any atom is -0.378 e. The zero-order valence-electron chi connectivity index (χ0n) is 22.8. The molecule has 7 nitrogen and oxygen atoms in total. The average Bonchev–Trinajstić information content (AvgIpc) is 3.72. The fraction of sp³-hybridized carbons (Fsp3) is 0.226. The molecule has 0 bridgehead atoms. The topological polar surface area (TPSA) is 91.5 Å². The number of nitrogens with zero attached hydrogens (tertiary/aromatic N) is 5. The number of benzene rings is 3. The fourth-order valence-electron chi connectivity index (χ4n) is 5.23. The van der Waals surface area contributed by atoms with Crippen molar-refractivity contribution >= 4 is 46.1 Å². The maximum Gasteiger partial charge on any atom is 0.148 e. The molecule has 0 spiro atoms. The van der Waals surface area contributed by atoms with Crippen molar-refractivity contribution in [3.63, 3.8) is 0 Å². The lowest BCUT2D eigenvalue weighted by Gasteiger charge is -2.31. The molecule has 2 N–H and O–H groups in total. The molecule has 0 amide bonds. The molecule has 41 heavy (non-hydrogen) atoms. The SMILES string of the molecule is BC(Nc1cc(Br)c2ncc(C#N)c(N[C@H](CC)c3ccccc3)c2c1)(c1ccc(F)cc1)c1cn(C2CC2)nn1. The standard InChI is InChI=1S/C31H28BBrFN7/c1-2-27(19-6-4-3-5-7-19)37-29-20(16-35)17-36-30-25(29)14-23(15-26(30)33)38-31(32,21-8-10-22(34)11-9-21)28-18-41(40-39-28)24-12-13-24/h3-11,14-15,17-18,24,27,38H,2,12-13,32H2,1H3,(H,36,37)/t27-,31?/m1/s1. The van der Waals surface area contributed by atoms with E-state index in [9.17, 15) is 9.65 Å². The predicted octanol–water partition coefficient (Wildman–Crippen LogP) is 6.44. The average molecular weight is 608 g/mol. The first-order valence-corrected chi connectivity index (χ1v) is 14.5. The maximum absolute atomic E-state index is 13.9. The molecule has 204 valence electrons. The molecule has 0 saturated heterocycles. The Bertz CT molecular complexity index is 1750. The second kappa shape index (κ2) is 11.0. The molecule has 1 saturated carbocycles. The van der Waals surface area contributed by atoms with Crippen molar-refractivity contribution in [1.29, 1.82) is 5.26 Å². The number of halogens is 2. The van der Waals surface area contributed by atoms with E-state index in [1.807, 2.05) is 49.1 Å². The van der Waals surface area contributed by atoms with E-state index in [4.69, 9.17) is 0 Å². The molecule has 2 heterocycles. The van der Waals surface area contributed by atoms with Gasteiger partial charge in [0, 0.05) is 21.7 Å². The van der Waals surface area contributed by atoms with Gasteiger partial charge in [-0.2, -0.15) is 5.26 Å². The molecule has 10 heteroatoms. The summed E-state index contributed by atoms with van der Waals surface area (Å²) in [6.07, 6.45) is 6.59. The van der Waals surface area contributed by atoms with E-state index in [-0.39, 0.29) is 11.9 Å². The molecule has 1 aliphatic carbocycles. The van der Waals surface area contributed by atoms with Crippen molar-refractivity contribution in [2.75, 3.05) is 10.6 Å². The fourth-order valence-corrected chi connectivity index (χ4v) is 5.79. The molecule has 0 aliphatic heterocycles. The quantitative estimate of drug-likeness (QED) is 0.187. The second-order valence-electron chi connectivity index (χ2n) is 10.6. The van der Waals surface area contributed by atoms with Crippen LogP contribution in [-0.2, 0) is 5.44 Å². The summed E-state index contributed by atoms with van der Waals surface area (Å²) in [5.41, 5.74) is 4.59. The van der Waals surface area contributed by atoms with Gasteiger partial charge in [-0.3, -0.25) is 4.98 Å². The second-order valence-corrected chi connectivity index (χ2v) is 11.5. The molecule has 2 aromatic heterocycles. The minimum atomic E-state index is -0.822. The molecule has 6 rings (SSSR count). The maximum atomic E-state index is 13.9. The van der Waals surface area contributed by atoms with E-state index in [0.29, 0.717) is 11.6 Å². The van der Waals surface area contributed by atoms with Crippen LogP contribution in [0.25, 0.3) is 10.9 Å². The van der Waals surface area contributed by atoms with Gasteiger partial charge in [0.2, 0.25) is 0 Å². The number of hydrogen-bond acceptors (Lipinski definition) is 6. The third-order valence-corrected chi connectivity index (χ3v) is 8.34. The monoisotopic (exact) mass is 607 g/mol. The van der Waals surface area contributed by atoms with Crippen LogP contribution in [0.15, 0.2) is 83.6 Å². The Morgan fingerprint density at radius 3 is 2.61 bits per heavy atom. The smallest absolute Gasteiger partial charge is 0.148 e. The van der Waals surface area contributed by atoms with Crippen molar-refractivity contribution in [2.45, 2.75) is 43.7 Å². The van der Waals surface area contributed by atoms with Crippen molar-refractivity contribution in [1.82, 2.24) is 20.0 Å². The van der Waals surface area contributed by atoms with E-state index in [1.165, 1.54) is 12.1 Å². The van der Waals surface area contributed by atoms with Gasteiger partial charge < -0.3 is 10.6 Å². The summed E-state index contributed by atoms with van der Waals surface area (Å²) in [4.78, 5) is 4.61. The zero-order valence-corrected chi connectivity index (χ0v) is 24.4. The highest BCUT2D eigenvalue weighted by Gasteiger charge is 2.34. The van der Waals surface area contributed by atoms with E-state index in [2.05, 4.69) is 67.0 Å². The number of nitriles is 1. The summed E-state index contributed by atoms with van der Waals surface area (Å²) in [7, 11) is 2.02. The summed E-state index contributed by atoms with van der Waals surface area (Å²) in [5.74, 6) is -0.305. The Balaban J connectivity index is 1.46. The van der Waals surface area contributed by atoms with Gasteiger partial charge in [0.25, 0.3) is 0 Å². The molecular weight excluding hydrogens is 580 g/mol. The van der Waals surface area contributed by atoms with Crippen LogP contribution in [-0.4, -0.2) is 27.8 Å². The lowest BCUT2D eigenvalue weighted by atomic mass is 9.69. The summed E-state index contributed by atoms with van der Waals surface area (Å²) in [6.45, 7) is 2.12. The molecule has 0 radical (unpaired) electrons. The molecular formula is C31H28BBrFN7. The van der Waals surface area contributed by atoms with E-state index in [1.54, 1.807) is 18.3 Å². The Kier molecular flexibility index (Phi) is 7.22. The highest BCUT2D eigenvalue weighted by molar-refractivity contribution is 9.10. The van der Waals surface area contributed by atoms with Crippen molar-refractivity contribution in [3.8, 4) is 6.07 Å². The first-order chi connectivity index (χ1) is 19.9. The number of nitrogens with one attached hydrogen (secondary N) is 2. The third kappa shape index (κ3) is 5.30. The zero-order chi connectivity index (χ0) is 28.6. The van der Waals surface area contributed by atoms with E-state index >= 15 is 0 Å². The Morgan fingerprint density at radius 2 is 1.93 bits per heavy atom. The van der Waals surface area contributed by atoms with Crippen molar-refractivity contribution in [2.24, 2.45) is 0 Å². The highest BCUT2D eigenvalue weighted by Crippen LogP contribution is 2.39. The van der Waals surface area contributed by atoms with Crippen LogP contribution in [0.2, 0.25) is 0 Å². The summed E-state index contributed by atoms with van der Waals surface area (Å²) < 4.78 is 16.6. The lowest BCUT2D eigenvalue weighted by Crippen LogP contribution is -2.37. The Morgan fingerprint density at radius 1 is 1.17 bits per heavy atom. The number of hydrogen-bond donors (Lipinski definition) is 2. The number of rotatable bonds is 9. The largest absolute Gasteiger partial charge is 0.378 e. The van der Waals surface area contributed by atoms with Gasteiger partial charge in [0.05, 0.1) is 40.5 Å². The van der Waals surface area contributed by atoms with Gasteiger partial charge in [0.15, 0.2) is 0 Å². The van der Waals surface area contributed by atoms with Gasteiger partial charge in [-0.25, -0.2) is 9.07 Å². The minimum absolute atomic E-state index is 0.00577. The van der Waals surface area contributed by atoms with Gasteiger partial charge in [-0.15, -0.1) is 5.10 Å². The molecule has 2 atom stereocenters. The van der Waals surface area contributed by atoms with Crippen LogP contribution in [0.4, 0.5) is 15.8 Å². The Hall–Kier alpha value is -4.23. The van der Waals surface area contributed by atoms with Gasteiger partial charge in [0.1, 0.15) is 25.4 Å². The number of aromatic nitrogens is 4. The van der Waals surface area contributed by atoms with Crippen molar-refractivity contribution in [3.05, 3.63) is 112 Å². The molecule has 3 aromatic carbocycles. The van der Waals surface area contributed by atoms with E-state index in [0.717, 1.165) is 62.8 Å². The van der Waals surface area contributed by atoms with Crippen LogP contribution in [0.3, 0.4) is 0 Å². The number of pyridine rings is 1. The van der Waals surface area contributed by atoms with Gasteiger partial charge >= 0.3 is 0 Å². The van der Waals surface area contributed by atoms with E-state index < -0.39 is 5.44 Å². The normalized spacial score (nSPS) is 15.2. The van der Waals surface area contributed by atoms with Crippen LogP contribution in [0, 0.1) is 17.1 Å². The van der Waals surface area contributed by atoms with Crippen molar-refractivity contribution < 1.29 is 4.39 Å². The molecule has 1 fully saturated rings. The summed E-state index contributed by atoms with van der Waals surface area (Å²) in [6, 6.07) is 23.3. The summed E-state index contributed by atoms with van der Waals surface area (Å²) in [5, 5.41) is 27.1. The lowest BCUT2D eigenvalue weighted by molar-refractivity contribution is 0.610. The predicted molar refractivity (Wildman–Crippen MR) is 165 cm³/mol. The summed E-state index contributed by atoms with van der Waals surface area (Å²) >= 11 is 3.72. The molecule has 5 aromatic rings. The van der Waals surface area contributed by atoms with Gasteiger partial charge in [-0.05, 0) is 70.6 Å². The Labute approximate surface area is 247 Å². The van der Waals surface area contributed by atoms with Crippen LogP contribution in [0.5, 0.6) is 0 Å². The first kappa shape index (κ1) is 27.0. The van der Waals surface area contributed by atoms with Gasteiger partial charge in [-0.1, -0.05) is 54.6 Å². The molecule has 1 unspecified atom stereocenters.